The van der Waals surface area contributed by atoms with Gasteiger partial charge in [-0.1, -0.05) is 13.3 Å². The second-order valence-electron chi connectivity index (χ2n) is 3.15. The summed E-state index contributed by atoms with van der Waals surface area (Å²) in [4.78, 5) is 21.0. The van der Waals surface area contributed by atoms with Crippen molar-refractivity contribution in [1.29, 1.82) is 0 Å². The first-order valence-electron chi connectivity index (χ1n) is 4.14. The molecule has 0 spiro atoms. The molecule has 1 saturated carbocycles. The SMILES string of the molecule is CCC1CC1NC(=O)CC(=O)O. The summed E-state index contributed by atoms with van der Waals surface area (Å²) in [6, 6.07) is 0.238. The lowest BCUT2D eigenvalue weighted by molar-refractivity contribution is -0.140. The average molecular weight is 171 g/mol. The topological polar surface area (TPSA) is 66.4 Å². The van der Waals surface area contributed by atoms with Crippen molar-refractivity contribution in [2.45, 2.75) is 32.2 Å². The van der Waals surface area contributed by atoms with Gasteiger partial charge in [-0.25, -0.2) is 0 Å². The number of carbonyl (C=O) groups is 2. The number of hydrogen-bond donors (Lipinski definition) is 2. The number of nitrogens with one attached hydrogen (secondary N) is 1. The van der Waals surface area contributed by atoms with Crippen LogP contribution in [-0.4, -0.2) is 23.0 Å². The fourth-order valence-electron chi connectivity index (χ4n) is 1.27. The van der Waals surface area contributed by atoms with Crippen molar-refractivity contribution in [1.82, 2.24) is 5.32 Å². The molecule has 2 N–H and O–H groups in total. The van der Waals surface area contributed by atoms with Gasteiger partial charge in [0.2, 0.25) is 5.91 Å². The number of carboxylic acid groups (broad SMARTS) is 1. The van der Waals surface area contributed by atoms with Crippen molar-refractivity contribution in [3.8, 4) is 0 Å². The predicted octanol–water partition coefficient (Wildman–Crippen LogP) is 0.376. The third kappa shape index (κ3) is 2.53. The molecule has 0 radical (unpaired) electrons. The molecule has 0 heterocycles. The molecule has 2 atom stereocenters. The molecule has 0 aromatic rings. The van der Waals surface area contributed by atoms with Crippen LogP contribution in [0.3, 0.4) is 0 Å². The average Bonchev–Trinajstić information content (AvgIpc) is 2.65. The van der Waals surface area contributed by atoms with E-state index in [1.165, 1.54) is 0 Å². The lowest BCUT2D eigenvalue weighted by Crippen LogP contribution is -2.28. The molecule has 0 aliphatic heterocycles. The normalized spacial score (nSPS) is 26.4. The first-order valence-corrected chi connectivity index (χ1v) is 4.14. The highest BCUT2D eigenvalue weighted by atomic mass is 16.4. The quantitative estimate of drug-likeness (QED) is 0.601. The fourth-order valence-corrected chi connectivity index (χ4v) is 1.27. The number of carboxylic acids is 1. The van der Waals surface area contributed by atoms with E-state index in [-0.39, 0.29) is 11.9 Å². The zero-order valence-electron chi connectivity index (χ0n) is 7.04. The predicted molar refractivity (Wildman–Crippen MR) is 42.6 cm³/mol. The van der Waals surface area contributed by atoms with Crippen molar-refractivity contribution in [2.24, 2.45) is 5.92 Å². The summed E-state index contributed by atoms with van der Waals surface area (Å²) in [6.07, 6.45) is 1.65. The largest absolute Gasteiger partial charge is 0.481 e. The van der Waals surface area contributed by atoms with Crippen LogP contribution in [0.5, 0.6) is 0 Å². The molecule has 1 amide bonds. The number of hydrogen-bond acceptors (Lipinski definition) is 2. The molecule has 1 aliphatic rings. The summed E-state index contributed by atoms with van der Waals surface area (Å²) in [5.41, 5.74) is 0. The van der Waals surface area contributed by atoms with Crippen LogP contribution in [0.2, 0.25) is 0 Å². The maximum absolute atomic E-state index is 10.9. The highest BCUT2D eigenvalue weighted by Crippen LogP contribution is 2.32. The molecule has 0 saturated heterocycles. The molecular formula is C8H13NO3. The van der Waals surface area contributed by atoms with E-state index in [9.17, 15) is 9.59 Å². The number of rotatable bonds is 4. The van der Waals surface area contributed by atoms with Crippen LogP contribution in [0.25, 0.3) is 0 Å². The van der Waals surface area contributed by atoms with E-state index in [1.54, 1.807) is 0 Å². The molecule has 4 heteroatoms. The fraction of sp³-hybridized carbons (Fsp3) is 0.750. The summed E-state index contributed by atoms with van der Waals surface area (Å²) in [5.74, 6) is -0.868. The zero-order valence-corrected chi connectivity index (χ0v) is 7.04. The summed E-state index contributed by atoms with van der Waals surface area (Å²) in [5, 5.41) is 10.9. The van der Waals surface area contributed by atoms with Crippen LogP contribution in [0.15, 0.2) is 0 Å². The van der Waals surface area contributed by atoms with Gasteiger partial charge in [0.1, 0.15) is 6.42 Å². The Bertz CT molecular complexity index is 202. The highest BCUT2D eigenvalue weighted by Gasteiger charge is 2.36. The van der Waals surface area contributed by atoms with Gasteiger partial charge >= 0.3 is 5.97 Å². The molecule has 0 bridgehead atoms. The van der Waals surface area contributed by atoms with E-state index < -0.39 is 12.4 Å². The van der Waals surface area contributed by atoms with Gasteiger partial charge in [-0.15, -0.1) is 0 Å². The molecular weight excluding hydrogens is 158 g/mol. The van der Waals surface area contributed by atoms with Crippen LogP contribution < -0.4 is 5.32 Å². The Morgan fingerprint density at radius 1 is 1.58 bits per heavy atom. The Kier molecular flexibility index (Phi) is 2.68. The van der Waals surface area contributed by atoms with Crippen molar-refractivity contribution in [2.75, 3.05) is 0 Å². The molecule has 1 rings (SSSR count). The summed E-state index contributed by atoms with van der Waals surface area (Å²) >= 11 is 0. The third-order valence-electron chi connectivity index (χ3n) is 2.11. The molecule has 0 aromatic heterocycles. The maximum atomic E-state index is 10.9. The van der Waals surface area contributed by atoms with E-state index in [4.69, 9.17) is 5.11 Å². The lowest BCUT2D eigenvalue weighted by Gasteiger charge is -2.00. The Balaban J connectivity index is 2.16. The Labute approximate surface area is 71.0 Å². The van der Waals surface area contributed by atoms with Gasteiger partial charge < -0.3 is 10.4 Å². The molecule has 2 unspecified atom stereocenters. The first-order chi connectivity index (χ1) is 5.63. The molecule has 12 heavy (non-hydrogen) atoms. The molecule has 1 aliphatic carbocycles. The van der Waals surface area contributed by atoms with Gasteiger partial charge in [0, 0.05) is 6.04 Å². The Hall–Kier alpha value is -1.06. The number of aliphatic carboxylic acids is 1. The summed E-state index contributed by atoms with van der Waals surface area (Å²) < 4.78 is 0. The van der Waals surface area contributed by atoms with Gasteiger partial charge in [0.15, 0.2) is 0 Å². The first kappa shape index (κ1) is 9.03. The Morgan fingerprint density at radius 2 is 2.25 bits per heavy atom. The molecule has 68 valence electrons. The summed E-state index contributed by atoms with van der Waals surface area (Å²) in [7, 11) is 0. The third-order valence-corrected chi connectivity index (χ3v) is 2.11. The van der Waals surface area contributed by atoms with Crippen LogP contribution in [0, 0.1) is 5.92 Å². The Morgan fingerprint density at radius 3 is 2.67 bits per heavy atom. The minimum Gasteiger partial charge on any atom is -0.481 e. The standard InChI is InChI=1S/C8H13NO3/c1-2-5-3-6(5)9-7(10)4-8(11)12/h5-6H,2-4H2,1H3,(H,9,10)(H,11,12). The number of amides is 1. The number of carbonyl (C=O) groups excluding carboxylic acids is 1. The minimum atomic E-state index is -1.07. The van der Waals surface area contributed by atoms with Crippen LogP contribution in [0.4, 0.5) is 0 Å². The zero-order chi connectivity index (χ0) is 9.14. The van der Waals surface area contributed by atoms with Gasteiger partial charge in [-0.3, -0.25) is 9.59 Å². The van der Waals surface area contributed by atoms with Gasteiger partial charge in [0.05, 0.1) is 0 Å². The van der Waals surface area contributed by atoms with Crippen molar-refractivity contribution in [3.63, 3.8) is 0 Å². The van der Waals surface area contributed by atoms with E-state index in [2.05, 4.69) is 12.2 Å². The maximum Gasteiger partial charge on any atom is 0.312 e. The highest BCUT2D eigenvalue weighted by molar-refractivity contribution is 5.93. The minimum absolute atomic E-state index is 0.238. The van der Waals surface area contributed by atoms with E-state index in [0.29, 0.717) is 5.92 Å². The van der Waals surface area contributed by atoms with Gasteiger partial charge in [-0.05, 0) is 12.3 Å². The van der Waals surface area contributed by atoms with Gasteiger partial charge in [-0.2, -0.15) is 0 Å². The molecule has 0 aromatic carbocycles. The van der Waals surface area contributed by atoms with Crippen LogP contribution >= 0.6 is 0 Å². The van der Waals surface area contributed by atoms with Crippen LogP contribution in [-0.2, 0) is 9.59 Å². The second kappa shape index (κ2) is 3.56. The van der Waals surface area contributed by atoms with E-state index in [0.717, 1.165) is 12.8 Å². The summed E-state index contributed by atoms with van der Waals surface area (Å²) in [6.45, 7) is 2.06. The van der Waals surface area contributed by atoms with E-state index >= 15 is 0 Å². The van der Waals surface area contributed by atoms with Crippen molar-refractivity contribution in [3.05, 3.63) is 0 Å². The molecule has 4 nitrogen and oxygen atoms in total. The second-order valence-corrected chi connectivity index (χ2v) is 3.15. The molecule has 1 fully saturated rings. The monoisotopic (exact) mass is 171 g/mol. The lowest BCUT2D eigenvalue weighted by atomic mass is 10.3. The smallest absolute Gasteiger partial charge is 0.312 e. The van der Waals surface area contributed by atoms with Gasteiger partial charge in [0.25, 0.3) is 0 Å². The van der Waals surface area contributed by atoms with Crippen molar-refractivity contribution < 1.29 is 14.7 Å². The van der Waals surface area contributed by atoms with E-state index in [1.807, 2.05) is 0 Å². The van der Waals surface area contributed by atoms with Crippen LogP contribution in [0.1, 0.15) is 26.2 Å². The van der Waals surface area contributed by atoms with Crippen molar-refractivity contribution >= 4 is 11.9 Å².